The average Bonchev–Trinajstić information content (AvgIpc) is 3.12. The molecule has 1 heterocycles. The molecule has 7 nitrogen and oxygen atoms in total. The molecule has 0 N–H and O–H groups in total. The first kappa shape index (κ1) is 20.9. The lowest BCUT2D eigenvalue weighted by molar-refractivity contribution is -0.384. The maximum atomic E-state index is 12.9. The summed E-state index contributed by atoms with van der Waals surface area (Å²) in [5.41, 5.74) is 1.38. The number of fused-ring (bicyclic) bond motifs is 1. The molecule has 0 saturated heterocycles. The highest BCUT2D eigenvalue weighted by Gasteiger charge is 2.19. The number of nitro groups is 1. The van der Waals surface area contributed by atoms with E-state index in [-0.39, 0.29) is 11.6 Å². The van der Waals surface area contributed by atoms with Gasteiger partial charge in [-0.1, -0.05) is 29.0 Å². The molecule has 0 fully saturated rings. The van der Waals surface area contributed by atoms with Gasteiger partial charge in [0.05, 0.1) is 14.6 Å². The number of aromatic nitrogens is 1. The minimum absolute atomic E-state index is 0.00689. The number of nitrogens with zero attached hydrogens (tertiary/aromatic N) is 4. The van der Waals surface area contributed by atoms with Crippen molar-refractivity contribution in [3.63, 3.8) is 0 Å². The molecule has 0 spiro atoms. The van der Waals surface area contributed by atoms with E-state index in [9.17, 15) is 14.9 Å². The Kier molecular flexibility index (Phi) is 6.58. The number of para-hydroxylation sites is 1. The van der Waals surface area contributed by atoms with Gasteiger partial charge in [-0.15, -0.1) is 0 Å². The first-order chi connectivity index (χ1) is 13.8. The number of thiazole rings is 1. The van der Waals surface area contributed by atoms with Gasteiger partial charge >= 0.3 is 0 Å². The number of hydrogen-bond donors (Lipinski definition) is 0. The Labute approximate surface area is 177 Å². The van der Waals surface area contributed by atoms with E-state index < -0.39 is 4.92 Å². The summed E-state index contributed by atoms with van der Waals surface area (Å²) in [5.74, 6) is -0.222. The molecule has 0 aliphatic carbocycles. The summed E-state index contributed by atoms with van der Waals surface area (Å²) in [7, 11) is 3.87. The van der Waals surface area contributed by atoms with Crippen LogP contribution in [0.4, 0.5) is 10.8 Å². The second-order valence-electron chi connectivity index (χ2n) is 6.56. The van der Waals surface area contributed by atoms with Gasteiger partial charge in [-0.2, -0.15) is 0 Å². The fourth-order valence-electron chi connectivity index (χ4n) is 2.58. The van der Waals surface area contributed by atoms with Crippen molar-refractivity contribution in [1.29, 1.82) is 0 Å². The highest BCUT2D eigenvalue weighted by Crippen LogP contribution is 2.33. The Morgan fingerprint density at radius 2 is 1.93 bits per heavy atom. The van der Waals surface area contributed by atoms with E-state index in [1.807, 2.05) is 31.1 Å². The third-order valence-corrected chi connectivity index (χ3v) is 5.50. The van der Waals surface area contributed by atoms with E-state index in [1.165, 1.54) is 29.5 Å². The van der Waals surface area contributed by atoms with Crippen molar-refractivity contribution in [3.8, 4) is 0 Å². The van der Waals surface area contributed by atoms with Gasteiger partial charge in [0.25, 0.3) is 11.6 Å². The highest BCUT2D eigenvalue weighted by molar-refractivity contribution is 7.22. The first-order valence-electron chi connectivity index (χ1n) is 8.79. The van der Waals surface area contributed by atoms with Gasteiger partial charge < -0.3 is 4.90 Å². The second kappa shape index (κ2) is 9.13. The molecule has 1 amide bonds. The smallest absolute Gasteiger partial charge is 0.269 e. The van der Waals surface area contributed by atoms with Crippen LogP contribution in [-0.2, 0) is 4.79 Å². The molecule has 1 aromatic heterocycles. The van der Waals surface area contributed by atoms with Crippen LogP contribution < -0.4 is 4.90 Å². The van der Waals surface area contributed by atoms with Crippen LogP contribution in [0.2, 0.25) is 5.02 Å². The van der Waals surface area contributed by atoms with Gasteiger partial charge in [0.1, 0.15) is 5.52 Å². The molecular formula is C20H19ClN4O3S. The van der Waals surface area contributed by atoms with Gasteiger partial charge in [-0.25, -0.2) is 4.98 Å². The zero-order valence-corrected chi connectivity index (χ0v) is 17.5. The fraction of sp³-hybridized carbons (Fsp3) is 0.200. The number of hydrogen-bond acceptors (Lipinski definition) is 6. The van der Waals surface area contributed by atoms with E-state index in [0.29, 0.717) is 34.3 Å². The number of carbonyl (C=O) groups excluding carboxylic acids is 1. The van der Waals surface area contributed by atoms with Gasteiger partial charge in [-0.05, 0) is 50.0 Å². The molecule has 0 bridgehead atoms. The average molecular weight is 431 g/mol. The molecule has 0 radical (unpaired) electrons. The van der Waals surface area contributed by atoms with Crippen LogP contribution in [0.15, 0.2) is 48.5 Å². The number of carbonyl (C=O) groups is 1. The maximum Gasteiger partial charge on any atom is 0.269 e. The maximum absolute atomic E-state index is 12.9. The van der Waals surface area contributed by atoms with Crippen molar-refractivity contribution in [2.24, 2.45) is 0 Å². The number of halogens is 1. The van der Waals surface area contributed by atoms with Crippen molar-refractivity contribution >= 4 is 56.0 Å². The van der Waals surface area contributed by atoms with Crippen molar-refractivity contribution in [2.75, 3.05) is 32.1 Å². The molecule has 3 aromatic rings. The van der Waals surface area contributed by atoms with Crippen molar-refractivity contribution < 1.29 is 9.72 Å². The molecule has 29 heavy (non-hydrogen) atoms. The molecule has 2 aromatic carbocycles. The fourth-order valence-corrected chi connectivity index (χ4v) is 3.88. The predicted molar refractivity (Wildman–Crippen MR) is 118 cm³/mol. The minimum atomic E-state index is -0.458. The lowest BCUT2D eigenvalue weighted by Crippen LogP contribution is -2.35. The second-order valence-corrected chi connectivity index (χ2v) is 7.97. The Morgan fingerprint density at radius 3 is 2.55 bits per heavy atom. The quantitative estimate of drug-likeness (QED) is 0.314. The Bertz CT molecular complexity index is 1060. The van der Waals surface area contributed by atoms with Crippen LogP contribution in [-0.4, -0.2) is 47.9 Å². The zero-order valence-electron chi connectivity index (χ0n) is 15.9. The largest absolute Gasteiger partial charge is 0.308 e. The summed E-state index contributed by atoms with van der Waals surface area (Å²) in [6, 6.07) is 11.6. The molecule has 0 atom stereocenters. The van der Waals surface area contributed by atoms with Crippen molar-refractivity contribution in [2.45, 2.75) is 0 Å². The molecule has 0 unspecified atom stereocenters. The normalized spacial score (nSPS) is 11.4. The van der Waals surface area contributed by atoms with Crippen LogP contribution in [0.1, 0.15) is 5.56 Å². The van der Waals surface area contributed by atoms with E-state index in [1.54, 1.807) is 29.2 Å². The molecular weight excluding hydrogens is 412 g/mol. The number of likely N-dealkylation sites (N-methyl/N-ethyl adjacent to an activating group) is 1. The summed E-state index contributed by atoms with van der Waals surface area (Å²) in [6.45, 7) is 1.13. The Morgan fingerprint density at radius 1 is 1.21 bits per heavy atom. The topological polar surface area (TPSA) is 79.6 Å². The van der Waals surface area contributed by atoms with Crippen LogP contribution in [0.3, 0.4) is 0 Å². The van der Waals surface area contributed by atoms with E-state index >= 15 is 0 Å². The molecule has 9 heteroatoms. The molecule has 0 aliphatic rings. The summed E-state index contributed by atoms with van der Waals surface area (Å²) < 4.78 is 0.912. The number of nitro benzene ring substituents is 1. The number of rotatable bonds is 7. The highest BCUT2D eigenvalue weighted by atomic mass is 35.5. The van der Waals surface area contributed by atoms with Gasteiger partial charge in [-0.3, -0.25) is 19.8 Å². The lowest BCUT2D eigenvalue weighted by atomic mass is 10.2. The van der Waals surface area contributed by atoms with Gasteiger partial charge in [0.2, 0.25) is 0 Å². The van der Waals surface area contributed by atoms with E-state index in [4.69, 9.17) is 11.6 Å². The lowest BCUT2D eigenvalue weighted by Gasteiger charge is -2.20. The molecule has 0 aliphatic heterocycles. The van der Waals surface area contributed by atoms with Gasteiger partial charge in [0.15, 0.2) is 5.13 Å². The summed E-state index contributed by atoms with van der Waals surface area (Å²) in [6.07, 6.45) is 3.08. The first-order valence-corrected chi connectivity index (χ1v) is 9.98. The third kappa shape index (κ3) is 5.17. The standard InChI is InChI=1S/C20H19ClN4O3S/c1-23(2)12-13-24(20-22-19-16(21)4-3-5-17(19)29-20)18(26)11-8-14-6-9-15(10-7-14)25(27)28/h3-11H,12-13H2,1-2H3. The third-order valence-electron chi connectivity index (χ3n) is 4.15. The number of non-ortho nitro benzene ring substituents is 1. The van der Waals surface area contributed by atoms with E-state index in [2.05, 4.69) is 4.98 Å². The Balaban J connectivity index is 1.85. The molecule has 3 rings (SSSR count). The SMILES string of the molecule is CN(C)CCN(C(=O)C=Cc1ccc([N+](=O)[O-])cc1)c1nc2c(Cl)cccc2s1. The zero-order chi connectivity index (χ0) is 21.0. The summed E-state index contributed by atoms with van der Waals surface area (Å²) in [5, 5.41) is 11.9. The Hall–Kier alpha value is -2.81. The van der Waals surface area contributed by atoms with Crippen molar-refractivity contribution in [3.05, 3.63) is 69.2 Å². The van der Waals surface area contributed by atoms with Crippen LogP contribution >= 0.6 is 22.9 Å². The number of anilines is 1. The van der Waals surface area contributed by atoms with Crippen LogP contribution in [0.5, 0.6) is 0 Å². The monoisotopic (exact) mass is 430 g/mol. The van der Waals surface area contributed by atoms with Crippen LogP contribution in [0, 0.1) is 10.1 Å². The predicted octanol–water partition coefficient (Wildman–Crippen LogP) is 4.47. The molecule has 0 saturated carbocycles. The summed E-state index contributed by atoms with van der Waals surface area (Å²) >= 11 is 7.64. The van der Waals surface area contributed by atoms with Gasteiger partial charge in [0, 0.05) is 31.3 Å². The number of amides is 1. The minimum Gasteiger partial charge on any atom is -0.308 e. The number of benzene rings is 2. The van der Waals surface area contributed by atoms with E-state index in [0.717, 1.165) is 4.70 Å². The summed E-state index contributed by atoms with van der Waals surface area (Å²) in [4.78, 5) is 31.4. The van der Waals surface area contributed by atoms with Crippen molar-refractivity contribution in [1.82, 2.24) is 9.88 Å². The molecule has 150 valence electrons. The van der Waals surface area contributed by atoms with Crippen LogP contribution in [0.25, 0.3) is 16.3 Å².